The predicted molar refractivity (Wildman–Crippen MR) is 110 cm³/mol. The number of thioether (sulfide) groups is 1. The summed E-state index contributed by atoms with van der Waals surface area (Å²) in [6.07, 6.45) is 0. The number of benzene rings is 1. The lowest BCUT2D eigenvalue weighted by Gasteiger charge is -2.60. The van der Waals surface area contributed by atoms with Gasteiger partial charge in [-0.1, -0.05) is 50.7 Å². The molecule has 146 valence electrons. The summed E-state index contributed by atoms with van der Waals surface area (Å²) in [7, 11) is 1.77. The number of likely N-dealkylation sites (N-methyl/N-ethyl adjacent to an activating group) is 1. The number of rotatable bonds is 2. The predicted octanol–water partition coefficient (Wildman–Crippen LogP) is 4.92. The maximum Gasteiger partial charge on any atom is 0.267 e. The van der Waals surface area contributed by atoms with Crippen LogP contribution in [-0.4, -0.2) is 28.5 Å². The van der Waals surface area contributed by atoms with E-state index in [0.29, 0.717) is 0 Å². The quantitative estimate of drug-likeness (QED) is 0.723. The summed E-state index contributed by atoms with van der Waals surface area (Å²) in [5.74, 6) is 0.0489. The van der Waals surface area contributed by atoms with E-state index in [9.17, 15) is 9.59 Å². The van der Waals surface area contributed by atoms with Gasteiger partial charge in [0.05, 0.1) is 10.8 Å². The summed E-state index contributed by atoms with van der Waals surface area (Å²) >= 11 is 1.46. The fourth-order valence-corrected chi connectivity index (χ4v) is 6.23. The van der Waals surface area contributed by atoms with Crippen LogP contribution in [0.3, 0.4) is 0 Å². The first kappa shape index (κ1) is 20.1. The molecule has 1 amide bonds. The van der Waals surface area contributed by atoms with Gasteiger partial charge >= 0.3 is 0 Å². The second-order valence-corrected chi connectivity index (χ2v) is 11.0. The van der Waals surface area contributed by atoms with E-state index in [1.807, 2.05) is 78.8 Å². The zero-order valence-corrected chi connectivity index (χ0v) is 18.3. The summed E-state index contributed by atoms with van der Waals surface area (Å²) < 4.78 is 0. The number of carbonyl (C=O) groups is 2. The number of azo groups is 1. The van der Waals surface area contributed by atoms with Gasteiger partial charge in [0.2, 0.25) is 4.87 Å². The Balaban J connectivity index is 2.07. The second kappa shape index (κ2) is 5.66. The van der Waals surface area contributed by atoms with Crippen LogP contribution in [0.1, 0.15) is 48.5 Å². The third kappa shape index (κ3) is 2.31. The first-order valence-electron chi connectivity index (χ1n) is 9.27. The Bertz CT molecular complexity index is 806. The largest absolute Gasteiger partial charge is 0.313 e. The Labute approximate surface area is 166 Å². The molecule has 0 bridgehead atoms. The molecule has 1 aromatic rings. The average molecular weight is 388 g/mol. The molecule has 0 aromatic heterocycles. The van der Waals surface area contributed by atoms with Gasteiger partial charge in [-0.2, -0.15) is 10.2 Å². The van der Waals surface area contributed by atoms with E-state index in [4.69, 9.17) is 0 Å². The van der Waals surface area contributed by atoms with Gasteiger partial charge in [-0.15, -0.1) is 0 Å². The first-order chi connectivity index (χ1) is 12.2. The number of anilines is 1. The van der Waals surface area contributed by atoms with E-state index >= 15 is 0 Å². The van der Waals surface area contributed by atoms with Gasteiger partial charge in [0.15, 0.2) is 10.7 Å². The molecule has 3 rings (SSSR count). The normalized spacial score (nSPS) is 27.5. The molecule has 5 nitrogen and oxygen atoms in total. The Hall–Kier alpha value is -1.69. The van der Waals surface area contributed by atoms with Crippen LogP contribution in [0.25, 0.3) is 0 Å². The van der Waals surface area contributed by atoms with E-state index in [2.05, 4.69) is 10.2 Å². The second-order valence-electron chi connectivity index (χ2n) is 9.62. The standard InChI is InChI=1S/C21H29N3O2S/c1-17(2,3)20(16(26)24(8)14-12-10-9-11-13-14)22-23-21(27-20)18(4,5)15(25)19(21,6)7/h9-13H,1-8H3. The molecular weight excluding hydrogens is 358 g/mol. The number of para-hydroxylation sites is 1. The Morgan fingerprint density at radius 2 is 1.52 bits per heavy atom. The third-order valence-corrected chi connectivity index (χ3v) is 8.77. The molecule has 1 fully saturated rings. The van der Waals surface area contributed by atoms with Crippen LogP contribution in [0.5, 0.6) is 0 Å². The minimum absolute atomic E-state index is 0.113. The summed E-state index contributed by atoms with van der Waals surface area (Å²) in [4.78, 5) is 26.3. The summed E-state index contributed by atoms with van der Waals surface area (Å²) in [6.45, 7) is 13.7. The smallest absolute Gasteiger partial charge is 0.267 e. The highest BCUT2D eigenvalue weighted by molar-refractivity contribution is 8.03. The van der Waals surface area contributed by atoms with E-state index < -0.39 is 26.0 Å². The number of hydrogen-bond acceptors (Lipinski definition) is 5. The van der Waals surface area contributed by atoms with Gasteiger partial charge < -0.3 is 4.90 Å². The number of Topliss-reactive ketones (excluding diaryl/α,β-unsaturated/α-hetero) is 1. The summed E-state index contributed by atoms with van der Waals surface area (Å²) in [5.41, 5.74) is -0.992. The molecule has 1 aliphatic carbocycles. The molecule has 1 unspecified atom stereocenters. The number of hydrogen-bond donors (Lipinski definition) is 0. The highest BCUT2D eigenvalue weighted by Crippen LogP contribution is 2.73. The van der Waals surface area contributed by atoms with Gasteiger partial charge in [0, 0.05) is 18.2 Å². The number of ketones is 1. The van der Waals surface area contributed by atoms with Gasteiger partial charge in [0.25, 0.3) is 5.91 Å². The van der Waals surface area contributed by atoms with Crippen LogP contribution in [0, 0.1) is 16.2 Å². The highest BCUT2D eigenvalue weighted by atomic mass is 32.2. The Kier molecular flexibility index (Phi) is 4.20. The maximum atomic E-state index is 13.7. The van der Waals surface area contributed by atoms with Crippen molar-refractivity contribution in [2.24, 2.45) is 26.5 Å². The molecule has 6 heteroatoms. The topological polar surface area (TPSA) is 62.1 Å². The molecule has 0 saturated heterocycles. The molecule has 1 heterocycles. The maximum absolute atomic E-state index is 13.7. The van der Waals surface area contributed by atoms with Gasteiger partial charge in [-0.25, -0.2) is 0 Å². The van der Waals surface area contributed by atoms with Crippen LogP contribution in [0.2, 0.25) is 0 Å². The van der Waals surface area contributed by atoms with E-state index in [1.54, 1.807) is 11.9 Å². The third-order valence-electron chi connectivity index (χ3n) is 6.21. The van der Waals surface area contributed by atoms with Crippen LogP contribution < -0.4 is 4.90 Å². The average Bonchev–Trinajstić information content (AvgIpc) is 3.05. The van der Waals surface area contributed by atoms with Crippen molar-refractivity contribution in [1.82, 2.24) is 0 Å². The van der Waals surface area contributed by atoms with Crippen molar-refractivity contribution in [3.05, 3.63) is 30.3 Å². The molecule has 27 heavy (non-hydrogen) atoms. The molecule has 2 aliphatic rings. The molecule has 1 aromatic carbocycles. The van der Waals surface area contributed by atoms with Crippen molar-refractivity contribution in [2.75, 3.05) is 11.9 Å². The zero-order chi connectivity index (χ0) is 20.5. The van der Waals surface area contributed by atoms with E-state index in [-0.39, 0.29) is 11.7 Å². The summed E-state index contributed by atoms with van der Waals surface area (Å²) in [5, 5.41) is 9.30. The van der Waals surface area contributed by atoms with Crippen molar-refractivity contribution in [2.45, 2.75) is 58.2 Å². The molecular formula is C21H29N3O2S. The van der Waals surface area contributed by atoms with Crippen molar-refractivity contribution in [1.29, 1.82) is 0 Å². The minimum atomic E-state index is -1.09. The molecule has 1 aliphatic heterocycles. The number of amides is 1. The lowest BCUT2D eigenvalue weighted by molar-refractivity contribution is -0.159. The molecule has 1 saturated carbocycles. The van der Waals surface area contributed by atoms with Crippen molar-refractivity contribution < 1.29 is 9.59 Å². The van der Waals surface area contributed by atoms with Gasteiger partial charge in [0.1, 0.15) is 0 Å². The van der Waals surface area contributed by atoms with Crippen LogP contribution in [-0.2, 0) is 9.59 Å². The molecule has 0 radical (unpaired) electrons. The SMILES string of the molecule is CN(C(=O)C1(C(C)(C)C)N=NC2(S1)C(C)(C)C(=O)C2(C)C)c1ccccc1. The Morgan fingerprint density at radius 3 is 2.00 bits per heavy atom. The fourth-order valence-electron chi connectivity index (χ4n) is 4.41. The van der Waals surface area contributed by atoms with Crippen molar-refractivity contribution in [3.63, 3.8) is 0 Å². The van der Waals surface area contributed by atoms with Crippen LogP contribution in [0.15, 0.2) is 40.6 Å². The highest BCUT2D eigenvalue weighted by Gasteiger charge is 2.79. The van der Waals surface area contributed by atoms with E-state index in [0.717, 1.165) is 5.69 Å². The Morgan fingerprint density at radius 1 is 1.00 bits per heavy atom. The number of carbonyl (C=O) groups excluding carboxylic acids is 2. The van der Waals surface area contributed by atoms with Crippen LogP contribution in [0.4, 0.5) is 5.69 Å². The lowest BCUT2D eigenvalue weighted by Crippen LogP contribution is -2.71. The first-order valence-corrected chi connectivity index (χ1v) is 10.1. The number of nitrogens with zero attached hydrogens (tertiary/aromatic N) is 3. The summed E-state index contributed by atoms with van der Waals surface area (Å²) in [6, 6.07) is 9.55. The van der Waals surface area contributed by atoms with E-state index in [1.165, 1.54) is 11.8 Å². The molecule has 1 atom stereocenters. The monoisotopic (exact) mass is 387 g/mol. The zero-order valence-electron chi connectivity index (χ0n) is 17.5. The van der Waals surface area contributed by atoms with Crippen molar-refractivity contribution in [3.8, 4) is 0 Å². The van der Waals surface area contributed by atoms with Gasteiger partial charge in [-0.3, -0.25) is 9.59 Å². The molecule has 0 N–H and O–H groups in total. The lowest BCUT2D eigenvalue weighted by atomic mass is 9.50. The minimum Gasteiger partial charge on any atom is -0.313 e. The fraction of sp³-hybridized carbons (Fsp3) is 0.619. The van der Waals surface area contributed by atoms with Crippen molar-refractivity contribution >= 4 is 29.1 Å². The van der Waals surface area contributed by atoms with Crippen LogP contribution >= 0.6 is 11.8 Å². The molecule has 1 spiro atoms. The van der Waals surface area contributed by atoms with Gasteiger partial charge in [-0.05, 0) is 39.8 Å².